The van der Waals surface area contributed by atoms with E-state index < -0.39 is 0 Å². The predicted octanol–water partition coefficient (Wildman–Crippen LogP) is 4.46. The molecular formula is C17H25BrFNO. The van der Waals surface area contributed by atoms with E-state index in [9.17, 15) is 4.39 Å². The molecule has 0 radical (unpaired) electrons. The summed E-state index contributed by atoms with van der Waals surface area (Å²) in [6.45, 7) is 5.86. The van der Waals surface area contributed by atoms with E-state index in [1.54, 1.807) is 0 Å². The zero-order valence-corrected chi connectivity index (χ0v) is 14.5. The van der Waals surface area contributed by atoms with Gasteiger partial charge in [0.2, 0.25) is 0 Å². The average Bonchev–Trinajstić information content (AvgIpc) is 2.92. The molecule has 0 heterocycles. The molecule has 21 heavy (non-hydrogen) atoms. The molecule has 1 saturated carbocycles. The third-order valence-electron chi connectivity index (χ3n) is 4.39. The monoisotopic (exact) mass is 357 g/mol. The number of ether oxygens (including phenoxy) is 1. The number of nitrogens with one attached hydrogen (secondary N) is 1. The highest BCUT2D eigenvalue weighted by Crippen LogP contribution is 2.37. The number of likely N-dealkylation sites (N-methyl/N-ethyl adjacent to an activating group) is 1. The molecular weight excluding hydrogens is 333 g/mol. The van der Waals surface area contributed by atoms with Crippen molar-refractivity contribution < 1.29 is 9.13 Å². The molecule has 1 atom stereocenters. The van der Waals surface area contributed by atoms with Crippen molar-refractivity contribution in [2.24, 2.45) is 0 Å². The molecule has 2 rings (SSSR count). The second-order valence-corrected chi connectivity index (χ2v) is 6.62. The first kappa shape index (κ1) is 16.9. The van der Waals surface area contributed by atoms with Crippen molar-refractivity contribution in [2.45, 2.75) is 57.6 Å². The molecule has 0 saturated heterocycles. The highest BCUT2D eigenvalue weighted by atomic mass is 79.9. The van der Waals surface area contributed by atoms with Crippen LogP contribution in [-0.4, -0.2) is 24.8 Å². The summed E-state index contributed by atoms with van der Waals surface area (Å²) in [4.78, 5) is 0. The fourth-order valence-electron chi connectivity index (χ4n) is 3.45. The van der Waals surface area contributed by atoms with Gasteiger partial charge in [0.05, 0.1) is 10.1 Å². The van der Waals surface area contributed by atoms with Crippen LogP contribution in [0, 0.1) is 5.82 Å². The zero-order valence-electron chi connectivity index (χ0n) is 12.9. The fraction of sp³-hybridized carbons (Fsp3) is 0.647. The standard InChI is InChI=1S/C17H25BrFNO/c1-3-20-16(17(21-4-2)9-5-6-10-17)12-13-7-8-15(19)14(18)11-13/h7-8,11,16,20H,3-6,9-10,12H2,1-2H3. The molecule has 1 N–H and O–H groups in total. The zero-order chi connectivity index (χ0) is 15.3. The number of hydrogen-bond donors (Lipinski definition) is 1. The lowest BCUT2D eigenvalue weighted by Crippen LogP contribution is -2.52. The lowest BCUT2D eigenvalue weighted by molar-refractivity contribution is -0.0609. The second kappa shape index (κ2) is 7.70. The summed E-state index contributed by atoms with van der Waals surface area (Å²) >= 11 is 3.28. The van der Waals surface area contributed by atoms with Crippen LogP contribution in [0.5, 0.6) is 0 Å². The first-order chi connectivity index (χ1) is 10.1. The van der Waals surface area contributed by atoms with Gasteiger partial charge in [-0.3, -0.25) is 0 Å². The lowest BCUT2D eigenvalue weighted by Gasteiger charge is -2.38. The first-order valence-electron chi connectivity index (χ1n) is 7.92. The Labute approximate surface area is 135 Å². The number of halogens is 2. The first-order valence-corrected chi connectivity index (χ1v) is 8.72. The molecule has 1 aromatic carbocycles. The van der Waals surface area contributed by atoms with Crippen molar-refractivity contribution in [3.05, 3.63) is 34.1 Å². The smallest absolute Gasteiger partial charge is 0.137 e. The molecule has 0 bridgehead atoms. The molecule has 118 valence electrons. The Bertz CT molecular complexity index is 460. The molecule has 0 aliphatic heterocycles. The Hall–Kier alpha value is -0.450. The van der Waals surface area contributed by atoms with Crippen molar-refractivity contribution in [1.29, 1.82) is 0 Å². The van der Waals surface area contributed by atoms with Crippen molar-refractivity contribution in [3.8, 4) is 0 Å². The maximum atomic E-state index is 13.4. The Morgan fingerprint density at radius 3 is 2.62 bits per heavy atom. The summed E-state index contributed by atoms with van der Waals surface area (Å²) in [6, 6.07) is 5.57. The molecule has 1 aromatic rings. The van der Waals surface area contributed by atoms with Crippen LogP contribution < -0.4 is 5.32 Å². The van der Waals surface area contributed by atoms with E-state index in [0.717, 1.165) is 38.0 Å². The maximum Gasteiger partial charge on any atom is 0.137 e. The molecule has 0 aromatic heterocycles. The van der Waals surface area contributed by atoms with Crippen LogP contribution in [0.3, 0.4) is 0 Å². The van der Waals surface area contributed by atoms with Gasteiger partial charge in [0.1, 0.15) is 5.82 Å². The molecule has 4 heteroatoms. The van der Waals surface area contributed by atoms with Crippen LogP contribution in [0.25, 0.3) is 0 Å². The number of rotatable bonds is 7. The van der Waals surface area contributed by atoms with Gasteiger partial charge >= 0.3 is 0 Å². The van der Waals surface area contributed by atoms with Gasteiger partial charge in [-0.15, -0.1) is 0 Å². The van der Waals surface area contributed by atoms with Crippen LogP contribution >= 0.6 is 15.9 Å². The van der Waals surface area contributed by atoms with Crippen molar-refractivity contribution in [1.82, 2.24) is 5.32 Å². The van der Waals surface area contributed by atoms with E-state index in [1.165, 1.54) is 18.9 Å². The Kier molecular flexibility index (Phi) is 6.20. The SMILES string of the molecule is CCNC(Cc1ccc(F)c(Br)c1)C1(OCC)CCCC1. The summed E-state index contributed by atoms with van der Waals surface area (Å²) in [7, 11) is 0. The highest BCUT2D eigenvalue weighted by molar-refractivity contribution is 9.10. The Morgan fingerprint density at radius 2 is 2.05 bits per heavy atom. The van der Waals surface area contributed by atoms with Gasteiger partial charge in [-0.2, -0.15) is 0 Å². The molecule has 2 nitrogen and oxygen atoms in total. The van der Waals surface area contributed by atoms with Crippen molar-refractivity contribution >= 4 is 15.9 Å². The highest BCUT2D eigenvalue weighted by Gasteiger charge is 2.41. The van der Waals surface area contributed by atoms with Crippen molar-refractivity contribution in [3.63, 3.8) is 0 Å². The van der Waals surface area contributed by atoms with Crippen LogP contribution in [0.2, 0.25) is 0 Å². The number of benzene rings is 1. The van der Waals surface area contributed by atoms with Crippen LogP contribution in [0.15, 0.2) is 22.7 Å². The van der Waals surface area contributed by atoms with E-state index in [-0.39, 0.29) is 17.5 Å². The minimum Gasteiger partial charge on any atom is -0.374 e. The quantitative estimate of drug-likeness (QED) is 0.777. The van der Waals surface area contributed by atoms with Gasteiger partial charge in [0.15, 0.2) is 0 Å². The summed E-state index contributed by atoms with van der Waals surface area (Å²) in [6.07, 6.45) is 5.55. The van der Waals surface area contributed by atoms with E-state index in [1.807, 2.05) is 12.1 Å². The largest absolute Gasteiger partial charge is 0.374 e. The molecule has 1 unspecified atom stereocenters. The molecule has 1 aliphatic carbocycles. The van der Waals surface area contributed by atoms with E-state index >= 15 is 0 Å². The summed E-state index contributed by atoms with van der Waals surface area (Å²) < 4.78 is 20.1. The van der Waals surface area contributed by atoms with Crippen LogP contribution in [-0.2, 0) is 11.2 Å². The van der Waals surface area contributed by atoms with E-state index in [0.29, 0.717) is 4.47 Å². The predicted molar refractivity (Wildman–Crippen MR) is 88.1 cm³/mol. The van der Waals surface area contributed by atoms with Gasteiger partial charge < -0.3 is 10.1 Å². The van der Waals surface area contributed by atoms with Crippen LogP contribution in [0.4, 0.5) is 4.39 Å². The van der Waals surface area contributed by atoms with Gasteiger partial charge in [-0.25, -0.2) is 4.39 Å². The minimum absolute atomic E-state index is 0.0639. The molecule has 1 aliphatic rings. The average molecular weight is 358 g/mol. The maximum absolute atomic E-state index is 13.4. The topological polar surface area (TPSA) is 21.3 Å². The summed E-state index contributed by atoms with van der Waals surface area (Å²) in [5.74, 6) is -0.209. The van der Waals surface area contributed by atoms with Gasteiger partial charge in [0.25, 0.3) is 0 Å². The fourth-order valence-corrected chi connectivity index (χ4v) is 3.87. The van der Waals surface area contributed by atoms with Gasteiger partial charge in [0, 0.05) is 12.6 Å². The second-order valence-electron chi connectivity index (χ2n) is 5.77. The Morgan fingerprint density at radius 1 is 1.33 bits per heavy atom. The van der Waals surface area contributed by atoms with E-state index in [4.69, 9.17) is 4.74 Å². The minimum atomic E-state index is -0.209. The normalized spacial score (nSPS) is 18.9. The third kappa shape index (κ3) is 4.05. The summed E-state index contributed by atoms with van der Waals surface area (Å²) in [5.41, 5.74) is 1.08. The number of hydrogen-bond acceptors (Lipinski definition) is 2. The van der Waals surface area contributed by atoms with Crippen molar-refractivity contribution in [2.75, 3.05) is 13.2 Å². The molecule has 1 fully saturated rings. The third-order valence-corrected chi connectivity index (χ3v) is 5.00. The molecule has 0 spiro atoms. The Balaban J connectivity index is 2.19. The van der Waals surface area contributed by atoms with Crippen LogP contribution in [0.1, 0.15) is 45.1 Å². The molecule has 0 amide bonds. The van der Waals surface area contributed by atoms with Gasteiger partial charge in [-0.1, -0.05) is 25.8 Å². The van der Waals surface area contributed by atoms with E-state index in [2.05, 4.69) is 35.1 Å². The van der Waals surface area contributed by atoms with Gasteiger partial charge in [-0.05, 0) is 66.4 Å². The lowest BCUT2D eigenvalue weighted by atomic mass is 9.87. The summed E-state index contributed by atoms with van der Waals surface area (Å²) in [5, 5.41) is 3.60.